The molecule has 2 rings (SSSR count). The van der Waals surface area contributed by atoms with Crippen molar-refractivity contribution in [1.29, 1.82) is 0 Å². The third kappa shape index (κ3) is 3.60. The number of hydrogen-bond donors (Lipinski definition) is 2. The maximum atomic E-state index is 11.9. The number of amides is 1. The number of carbonyl (C=O) groups is 1. The Hall–Kier alpha value is -1.36. The van der Waals surface area contributed by atoms with Crippen molar-refractivity contribution in [3.63, 3.8) is 0 Å². The Labute approximate surface area is 120 Å². The van der Waals surface area contributed by atoms with E-state index in [-0.39, 0.29) is 11.8 Å². The van der Waals surface area contributed by atoms with Crippen molar-refractivity contribution in [3.05, 3.63) is 17.7 Å². The van der Waals surface area contributed by atoms with E-state index in [1.807, 2.05) is 18.4 Å². The Bertz CT molecular complexity index is 450. The van der Waals surface area contributed by atoms with Crippen LogP contribution in [0.3, 0.4) is 0 Å². The lowest BCUT2D eigenvalue weighted by molar-refractivity contribution is -0.132. The normalized spacial score (nSPS) is 17.9. The summed E-state index contributed by atoms with van der Waals surface area (Å²) in [4.78, 5) is 16.2. The number of hydrogen-bond acceptors (Lipinski definition) is 3. The van der Waals surface area contributed by atoms with Crippen LogP contribution in [0, 0.1) is 19.8 Å². The highest BCUT2D eigenvalue weighted by atomic mass is 16.3. The zero-order chi connectivity index (χ0) is 14.5. The van der Waals surface area contributed by atoms with Gasteiger partial charge in [-0.15, -0.1) is 0 Å². The van der Waals surface area contributed by atoms with Crippen molar-refractivity contribution >= 4 is 5.91 Å². The van der Waals surface area contributed by atoms with Crippen LogP contribution in [0.1, 0.15) is 43.5 Å². The van der Waals surface area contributed by atoms with Gasteiger partial charge in [0.05, 0.1) is 12.0 Å². The van der Waals surface area contributed by atoms with Crippen LogP contribution in [0.5, 0.6) is 0 Å². The Morgan fingerprint density at radius 1 is 1.45 bits per heavy atom. The molecule has 1 heterocycles. The van der Waals surface area contributed by atoms with Crippen molar-refractivity contribution in [3.8, 4) is 0 Å². The summed E-state index contributed by atoms with van der Waals surface area (Å²) in [6.45, 7) is 5.20. The molecule has 0 saturated heterocycles. The molecule has 1 amide bonds. The van der Waals surface area contributed by atoms with Gasteiger partial charge in [0, 0.05) is 18.8 Å². The van der Waals surface area contributed by atoms with E-state index in [0.717, 1.165) is 37.1 Å². The summed E-state index contributed by atoms with van der Waals surface area (Å²) < 4.78 is 2.02. The van der Waals surface area contributed by atoms with Gasteiger partial charge in [0.1, 0.15) is 6.10 Å². The second-order valence-electron chi connectivity index (χ2n) is 5.74. The molecule has 0 bridgehead atoms. The lowest BCUT2D eigenvalue weighted by Crippen LogP contribution is -2.41. The third-order valence-corrected chi connectivity index (χ3v) is 4.36. The van der Waals surface area contributed by atoms with Gasteiger partial charge < -0.3 is 15.0 Å². The molecule has 1 aromatic heterocycles. The third-order valence-electron chi connectivity index (χ3n) is 4.36. The van der Waals surface area contributed by atoms with Gasteiger partial charge in [-0.2, -0.15) is 0 Å². The minimum absolute atomic E-state index is 0.140. The largest absolute Gasteiger partial charge is 0.383 e. The van der Waals surface area contributed by atoms with Crippen molar-refractivity contribution in [2.75, 3.05) is 6.54 Å². The smallest absolute Gasteiger partial charge is 0.249 e. The lowest BCUT2D eigenvalue weighted by atomic mass is 9.85. The predicted molar refractivity (Wildman–Crippen MR) is 77.3 cm³/mol. The van der Waals surface area contributed by atoms with E-state index in [0.29, 0.717) is 13.1 Å². The van der Waals surface area contributed by atoms with Gasteiger partial charge >= 0.3 is 0 Å². The van der Waals surface area contributed by atoms with Gasteiger partial charge in [-0.1, -0.05) is 19.3 Å². The molecule has 1 saturated carbocycles. The topological polar surface area (TPSA) is 67.2 Å². The highest BCUT2D eigenvalue weighted by Crippen LogP contribution is 2.26. The van der Waals surface area contributed by atoms with E-state index in [1.165, 1.54) is 6.42 Å². The molecule has 1 fully saturated rings. The maximum absolute atomic E-state index is 11.9. The molecule has 2 N–H and O–H groups in total. The van der Waals surface area contributed by atoms with Crippen LogP contribution in [0.15, 0.2) is 6.33 Å². The number of aromatic nitrogens is 2. The standard InChI is InChI=1S/C15H25N3O2/c1-11-12(2)18(10-17-11)9-8-16-15(20)14(19)13-6-4-3-5-7-13/h10,13-14,19H,3-9H2,1-2H3,(H,16,20)/t14-/m1/s1. The molecule has 0 aromatic carbocycles. The molecule has 112 valence electrons. The van der Waals surface area contributed by atoms with Gasteiger partial charge in [0.25, 0.3) is 0 Å². The molecule has 1 aromatic rings. The monoisotopic (exact) mass is 279 g/mol. The molecule has 0 radical (unpaired) electrons. The maximum Gasteiger partial charge on any atom is 0.249 e. The summed E-state index contributed by atoms with van der Waals surface area (Å²) in [5.41, 5.74) is 2.13. The van der Waals surface area contributed by atoms with Crippen molar-refractivity contribution in [2.24, 2.45) is 5.92 Å². The molecule has 1 aliphatic rings. The fourth-order valence-corrected chi connectivity index (χ4v) is 2.84. The minimum atomic E-state index is -0.846. The predicted octanol–water partition coefficient (Wildman–Crippen LogP) is 1.56. The zero-order valence-electron chi connectivity index (χ0n) is 12.4. The fraction of sp³-hybridized carbons (Fsp3) is 0.733. The minimum Gasteiger partial charge on any atom is -0.383 e. The number of aliphatic hydroxyl groups excluding tert-OH is 1. The van der Waals surface area contributed by atoms with E-state index in [2.05, 4.69) is 10.3 Å². The molecular weight excluding hydrogens is 254 g/mol. The molecular formula is C15H25N3O2. The van der Waals surface area contributed by atoms with E-state index < -0.39 is 6.10 Å². The van der Waals surface area contributed by atoms with E-state index >= 15 is 0 Å². The Balaban J connectivity index is 1.75. The van der Waals surface area contributed by atoms with Gasteiger partial charge in [0.2, 0.25) is 5.91 Å². The summed E-state index contributed by atoms with van der Waals surface area (Å²) in [5, 5.41) is 12.9. The Morgan fingerprint density at radius 3 is 2.75 bits per heavy atom. The lowest BCUT2D eigenvalue weighted by Gasteiger charge is -2.25. The number of rotatable bonds is 5. The first-order chi connectivity index (χ1) is 9.59. The summed E-state index contributed by atoms with van der Waals surface area (Å²) >= 11 is 0. The highest BCUT2D eigenvalue weighted by Gasteiger charge is 2.27. The van der Waals surface area contributed by atoms with Gasteiger partial charge in [-0.05, 0) is 32.6 Å². The van der Waals surface area contributed by atoms with Crippen LogP contribution in [0.2, 0.25) is 0 Å². The van der Waals surface area contributed by atoms with Crippen LogP contribution in [0.4, 0.5) is 0 Å². The molecule has 0 aliphatic heterocycles. The quantitative estimate of drug-likeness (QED) is 0.859. The first kappa shape index (κ1) is 15.0. The highest BCUT2D eigenvalue weighted by molar-refractivity contribution is 5.80. The van der Waals surface area contributed by atoms with Gasteiger partial charge in [-0.3, -0.25) is 4.79 Å². The van der Waals surface area contributed by atoms with Crippen LogP contribution < -0.4 is 5.32 Å². The second kappa shape index (κ2) is 6.88. The first-order valence-corrected chi connectivity index (χ1v) is 7.53. The summed E-state index contributed by atoms with van der Waals surface area (Å²) in [6.07, 6.45) is 6.35. The van der Waals surface area contributed by atoms with E-state index in [1.54, 1.807) is 6.33 Å². The molecule has 1 atom stereocenters. The number of carbonyl (C=O) groups excluding carboxylic acids is 1. The van der Waals surface area contributed by atoms with Gasteiger partial charge in [-0.25, -0.2) is 4.98 Å². The molecule has 1 aliphatic carbocycles. The second-order valence-corrected chi connectivity index (χ2v) is 5.74. The number of aliphatic hydroxyl groups is 1. The summed E-state index contributed by atoms with van der Waals surface area (Å²) in [7, 11) is 0. The summed E-state index contributed by atoms with van der Waals surface area (Å²) in [5.74, 6) is -0.0904. The Morgan fingerprint density at radius 2 is 2.15 bits per heavy atom. The van der Waals surface area contributed by atoms with E-state index in [4.69, 9.17) is 0 Å². The van der Waals surface area contributed by atoms with Crippen molar-refractivity contribution < 1.29 is 9.90 Å². The Kier molecular flexibility index (Phi) is 5.17. The zero-order valence-corrected chi connectivity index (χ0v) is 12.4. The average molecular weight is 279 g/mol. The van der Waals surface area contributed by atoms with Crippen LogP contribution >= 0.6 is 0 Å². The van der Waals surface area contributed by atoms with Crippen LogP contribution in [-0.4, -0.2) is 33.2 Å². The number of nitrogens with zero attached hydrogens (tertiary/aromatic N) is 2. The van der Waals surface area contributed by atoms with E-state index in [9.17, 15) is 9.90 Å². The van der Waals surface area contributed by atoms with Crippen LogP contribution in [-0.2, 0) is 11.3 Å². The first-order valence-electron chi connectivity index (χ1n) is 7.53. The molecule has 20 heavy (non-hydrogen) atoms. The molecule has 0 spiro atoms. The summed E-state index contributed by atoms with van der Waals surface area (Å²) in [6, 6.07) is 0. The fourth-order valence-electron chi connectivity index (χ4n) is 2.84. The molecule has 5 heteroatoms. The van der Waals surface area contributed by atoms with Gasteiger partial charge in [0.15, 0.2) is 0 Å². The number of aryl methyl sites for hydroxylation is 1. The molecule has 5 nitrogen and oxygen atoms in total. The van der Waals surface area contributed by atoms with Crippen LogP contribution in [0.25, 0.3) is 0 Å². The SMILES string of the molecule is Cc1ncn(CCNC(=O)[C@H](O)C2CCCCC2)c1C. The van der Waals surface area contributed by atoms with Crippen molar-refractivity contribution in [1.82, 2.24) is 14.9 Å². The number of nitrogens with one attached hydrogen (secondary N) is 1. The molecule has 0 unspecified atom stereocenters. The van der Waals surface area contributed by atoms with Crippen molar-refractivity contribution in [2.45, 2.75) is 58.6 Å². The average Bonchev–Trinajstić information content (AvgIpc) is 2.79. The number of imidazole rings is 1.